The van der Waals surface area contributed by atoms with E-state index in [4.69, 9.17) is 16.3 Å². The van der Waals surface area contributed by atoms with Crippen LogP contribution in [0.25, 0.3) is 0 Å². The summed E-state index contributed by atoms with van der Waals surface area (Å²) in [6.45, 7) is 1.09. The van der Waals surface area contributed by atoms with Gasteiger partial charge in [0.15, 0.2) is 11.5 Å². The van der Waals surface area contributed by atoms with E-state index in [0.717, 1.165) is 0 Å². The maximum absolute atomic E-state index is 12.8. The molecule has 2 N–H and O–H groups in total. The molecular weight excluding hydrogens is 442 g/mol. The van der Waals surface area contributed by atoms with Crippen LogP contribution in [0, 0.1) is 5.92 Å². The molecule has 0 aliphatic rings. The fourth-order valence-electron chi connectivity index (χ4n) is 3.03. The number of carbonyl (C=O) groups excluding carboxylic acids is 2. The van der Waals surface area contributed by atoms with Crippen LogP contribution in [0.4, 0.5) is 8.78 Å². The third kappa shape index (κ3) is 7.37. The number of halogens is 3. The Labute approximate surface area is 191 Å². The van der Waals surface area contributed by atoms with Crippen LogP contribution in [0.15, 0.2) is 42.5 Å². The van der Waals surface area contributed by atoms with Crippen molar-refractivity contribution in [2.45, 2.75) is 39.3 Å². The second-order valence-electron chi connectivity index (χ2n) is 7.25. The maximum atomic E-state index is 12.8. The van der Waals surface area contributed by atoms with Crippen LogP contribution in [0.5, 0.6) is 11.5 Å². The van der Waals surface area contributed by atoms with Gasteiger partial charge in [0, 0.05) is 17.1 Å². The number of methoxy groups -OCH3 is 1. The molecule has 174 valence electrons. The van der Waals surface area contributed by atoms with E-state index in [0.29, 0.717) is 29.0 Å². The van der Waals surface area contributed by atoms with E-state index in [2.05, 4.69) is 15.4 Å². The van der Waals surface area contributed by atoms with Gasteiger partial charge in [0.1, 0.15) is 6.04 Å². The summed E-state index contributed by atoms with van der Waals surface area (Å²) in [7, 11) is 1.36. The quantitative estimate of drug-likeness (QED) is 0.510. The molecule has 0 aromatic heterocycles. The molecule has 0 aliphatic heterocycles. The SMILES string of the molecule is CCC(C)C(NC(=O)c1ccc(Cl)cc1)C(=O)NCCc1ccc(OC)c(OC(F)F)c1. The van der Waals surface area contributed by atoms with Gasteiger partial charge >= 0.3 is 6.61 Å². The van der Waals surface area contributed by atoms with Gasteiger partial charge in [-0.15, -0.1) is 0 Å². The van der Waals surface area contributed by atoms with Crippen molar-refractivity contribution in [1.82, 2.24) is 10.6 Å². The van der Waals surface area contributed by atoms with Crippen molar-refractivity contribution in [3.05, 3.63) is 58.6 Å². The number of alkyl halides is 2. The highest BCUT2D eigenvalue weighted by molar-refractivity contribution is 6.30. The van der Waals surface area contributed by atoms with Crippen molar-refractivity contribution < 1.29 is 27.8 Å². The van der Waals surface area contributed by atoms with Crippen molar-refractivity contribution in [2.75, 3.05) is 13.7 Å². The summed E-state index contributed by atoms with van der Waals surface area (Å²) in [6.07, 6.45) is 1.07. The molecule has 0 bridgehead atoms. The number of carbonyl (C=O) groups is 2. The molecule has 0 fully saturated rings. The van der Waals surface area contributed by atoms with Crippen LogP contribution < -0.4 is 20.1 Å². The maximum Gasteiger partial charge on any atom is 0.387 e. The lowest BCUT2D eigenvalue weighted by atomic mass is 9.97. The van der Waals surface area contributed by atoms with Gasteiger partial charge in [0.2, 0.25) is 5.91 Å². The first kappa shape index (κ1) is 25.4. The fraction of sp³-hybridized carbons (Fsp3) is 0.391. The highest BCUT2D eigenvalue weighted by Crippen LogP contribution is 2.29. The van der Waals surface area contributed by atoms with Gasteiger partial charge < -0.3 is 20.1 Å². The molecule has 2 atom stereocenters. The van der Waals surface area contributed by atoms with E-state index in [-0.39, 0.29) is 35.8 Å². The number of ether oxygens (including phenoxy) is 2. The smallest absolute Gasteiger partial charge is 0.387 e. The van der Waals surface area contributed by atoms with Gasteiger partial charge in [-0.05, 0) is 54.3 Å². The molecule has 9 heteroatoms. The number of amides is 2. The first-order chi connectivity index (χ1) is 15.2. The van der Waals surface area contributed by atoms with Crippen molar-refractivity contribution in [3.8, 4) is 11.5 Å². The Balaban J connectivity index is 2.00. The van der Waals surface area contributed by atoms with Crippen LogP contribution in [0.2, 0.25) is 5.02 Å². The Morgan fingerprint density at radius 2 is 1.78 bits per heavy atom. The third-order valence-electron chi connectivity index (χ3n) is 5.05. The molecule has 0 radical (unpaired) electrons. The molecule has 0 spiro atoms. The molecule has 0 heterocycles. The van der Waals surface area contributed by atoms with E-state index in [1.54, 1.807) is 30.3 Å². The molecular formula is C23H27ClF2N2O4. The second kappa shape index (κ2) is 12.2. The van der Waals surface area contributed by atoms with E-state index >= 15 is 0 Å². The highest BCUT2D eigenvalue weighted by atomic mass is 35.5. The fourth-order valence-corrected chi connectivity index (χ4v) is 3.16. The number of rotatable bonds is 11. The Morgan fingerprint density at radius 3 is 2.38 bits per heavy atom. The molecule has 6 nitrogen and oxygen atoms in total. The third-order valence-corrected chi connectivity index (χ3v) is 5.30. The highest BCUT2D eigenvalue weighted by Gasteiger charge is 2.26. The average molecular weight is 469 g/mol. The van der Waals surface area contributed by atoms with Crippen LogP contribution in [-0.2, 0) is 11.2 Å². The Hall–Kier alpha value is -2.87. The molecule has 2 rings (SSSR count). The molecule has 0 saturated carbocycles. The zero-order valence-corrected chi connectivity index (χ0v) is 18.9. The number of benzene rings is 2. The van der Waals surface area contributed by atoms with Gasteiger partial charge in [-0.2, -0.15) is 8.78 Å². The van der Waals surface area contributed by atoms with Gasteiger partial charge in [0.05, 0.1) is 7.11 Å². The molecule has 0 saturated heterocycles. The van der Waals surface area contributed by atoms with E-state index in [1.807, 2.05) is 13.8 Å². The van der Waals surface area contributed by atoms with Crippen molar-refractivity contribution >= 4 is 23.4 Å². The summed E-state index contributed by atoms with van der Waals surface area (Å²) >= 11 is 5.86. The molecule has 32 heavy (non-hydrogen) atoms. The second-order valence-corrected chi connectivity index (χ2v) is 7.68. The Kier molecular flexibility index (Phi) is 9.71. The zero-order chi connectivity index (χ0) is 23.7. The van der Waals surface area contributed by atoms with Crippen LogP contribution in [0.1, 0.15) is 36.2 Å². The monoisotopic (exact) mass is 468 g/mol. The standard InChI is InChI=1S/C23H27ClF2N2O4/c1-4-14(2)20(28-21(29)16-6-8-17(24)9-7-16)22(30)27-12-11-15-5-10-18(31-3)19(13-15)32-23(25)26/h5-10,13-14,20,23H,4,11-12H2,1-3H3,(H,27,30)(H,28,29). The van der Waals surface area contributed by atoms with Crippen molar-refractivity contribution in [2.24, 2.45) is 5.92 Å². The predicted octanol–water partition coefficient (Wildman–Crippen LogP) is 4.45. The summed E-state index contributed by atoms with van der Waals surface area (Å²) in [5.41, 5.74) is 1.09. The number of nitrogens with one attached hydrogen (secondary N) is 2. The molecule has 2 amide bonds. The lowest BCUT2D eigenvalue weighted by molar-refractivity contribution is -0.124. The van der Waals surface area contributed by atoms with Crippen LogP contribution in [0.3, 0.4) is 0 Å². The van der Waals surface area contributed by atoms with Gasteiger partial charge in [-0.3, -0.25) is 9.59 Å². The number of hydrogen-bond donors (Lipinski definition) is 2. The molecule has 2 aromatic carbocycles. The lowest BCUT2D eigenvalue weighted by Gasteiger charge is -2.23. The topological polar surface area (TPSA) is 76.7 Å². The normalized spacial score (nSPS) is 12.7. The summed E-state index contributed by atoms with van der Waals surface area (Å²) in [4.78, 5) is 25.3. The summed E-state index contributed by atoms with van der Waals surface area (Å²) in [6, 6.07) is 10.4. The Morgan fingerprint density at radius 1 is 1.09 bits per heavy atom. The van der Waals surface area contributed by atoms with E-state index < -0.39 is 12.7 Å². The first-order valence-electron chi connectivity index (χ1n) is 10.2. The summed E-state index contributed by atoms with van der Waals surface area (Å²) < 4.78 is 34.7. The van der Waals surface area contributed by atoms with Crippen LogP contribution >= 0.6 is 11.6 Å². The number of hydrogen-bond acceptors (Lipinski definition) is 4. The Bertz CT molecular complexity index is 909. The minimum absolute atomic E-state index is 0.0703. The molecule has 2 aromatic rings. The van der Waals surface area contributed by atoms with Gasteiger partial charge in [-0.25, -0.2) is 0 Å². The lowest BCUT2D eigenvalue weighted by Crippen LogP contribution is -2.50. The zero-order valence-electron chi connectivity index (χ0n) is 18.2. The van der Waals surface area contributed by atoms with Gasteiger partial charge in [-0.1, -0.05) is 37.9 Å². The first-order valence-corrected chi connectivity index (χ1v) is 10.6. The average Bonchev–Trinajstić information content (AvgIpc) is 2.77. The predicted molar refractivity (Wildman–Crippen MR) is 119 cm³/mol. The minimum Gasteiger partial charge on any atom is -0.493 e. The molecule has 2 unspecified atom stereocenters. The van der Waals surface area contributed by atoms with Crippen molar-refractivity contribution in [3.63, 3.8) is 0 Å². The van der Waals surface area contributed by atoms with Crippen LogP contribution in [-0.4, -0.2) is 38.1 Å². The summed E-state index contributed by atoms with van der Waals surface area (Å²) in [5, 5.41) is 6.10. The minimum atomic E-state index is -2.97. The molecule has 0 aliphatic carbocycles. The van der Waals surface area contributed by atoms with Gasteiger partial charge in [0.25, 0.3) is 5.91 Å². The van der Waals surface area contributed by atoms with E-state index in [1.165, 1.54) is 19.2 Å². The van der Waals surface area contributed by atoms with Crippen molar-refractivity contribution in [1.29, 1.82) is 0 Å². The van der Waals surface area contributed by atoms with E-state index in [9.17, 15) is 18.4 Å². The largest absolute Gasteiger partial charge is 0.493 e. The summed E-state index contributed by atoms with van der Waals surface area (Å²) in [5.74, 6) is -0.664.